The van der Waals surface area contributed by atoms with E-state index in [1.807, 2.05) is 63.7 Å². The summed E-state index contributed by atoms with van der Waals surface area (Å²) >= 11 is 1.38. The molecule has 2 aliphatic heterocycles. The van der Waals surface area contributed by atoms with Gasteiger partial charge in [-0.05, 0) is 18.2 Å². The lowest BCUT2D eigenvalue weighted by Gasteiger charge is -2.48. The van der Waals surface area contributed by atoms with E-state index >= 15 is 0 Å². The van der Waals surface area contributed by atoms with Crippen LogP contribution in [0.4, 0.5) is 0 Å². The number of benzene rings is 2. The summed E-state index contributed by atoms with van der Waals surface area (Å²) in [6.07, 6.45) is 3.22. The molecular formula is C26H24N6O2S. The van der Waals surface area contributed by atoms with Gasteiger partial charge in [0.1, 0.15) is 6.33 Å². The molecule has 2 saturated heterocycles. The number of aromatic nitrogens is 3. The number of thiazole rings is 1. The first-order valence-electron chi connectivity index (χ1n) is 11.7. The zero-order valence-corrected chi connectivity index (χ0v) is 19.9. The maximum atomic E-state index is 13.1. The summed E-state index contributed by atoms with van der Waals surface area (Å²) in [6.45, 7) is 4.43. The Morgan fingerprint density at radius 2 is 1.66 bits per heavy atom. The first kappa shape index (κ1) is 21.8. The Morgan fingerprint density at radius 1 is 0.857 bits per heavy atom. The molecule has 2 aromatic heterocycles. The molecule has 4 aromatic rings. The Morgan fingerprint density at radius 3 is 2.40 bits per heavy atom. The monoisotopic (exact) mass is 484 g/mol. The van der Waals surface area contributed by atoms with Crippen molar-refractivity contribution in [1.82, 2.24) is 29.7 Å². The first-order valence-corrected chi connectivity index (χ1v) is 12.6. The molecule has 0 spiro atoms. The molecule has 6 rings (SSSR count). The van der Waals surface area contributed by atoms with Crippen LogP contribution in [0.5, 0.6) is 0 Å². The molecule has 0 atom stereocenters. The molecule has 2 aliphatic rings. The number of hydrogen-bond acceptors (Lipinski definition) is 7. The predicted octanol–water partition coefficient (Wildman–Crippen LogP) is 3.04. The third-order valence-corrected chi connectivity index (χ3v) is 7.57. The zero-order chi connectivity index (χ0) is 23.8. The van der Waals surface area contributed by atoms with Crippen molar-refractivity contribution in [3.63, 3.8) is 0 Å². The van der Waals surface area contributed by atoms with E-state index in [1.54, 1.807) is 12.5 Å². The van der Waals surface area contributed by atoms with Gasteiger partial charge >= 0.3 is 0 Å². The van der Waals surface area contributed by atoms with Gasteiger partial charge in [-0.25, -0.2) is 15.0 Å². The van der Waals surface area contributed by atoms with Gasteiger partial charge < -0.3 is 9.80 Å². The molecule has 0 N–H and O–H groups in total. The number of nitrogens with zero attached hydrogens (tertiary/aromatic N) is 6. The minimum atomic E-state index is 0.0144. The molecule has 0 radical (unpaired) electrons. The van der Waals surface area contributed by atoms with Gasteiger partial charge in [0.2, 0.25) is 0 Å². The highest BCUT2D eigenvalue weighted by Gasteiger charge is 2.37. The van der Waals surface area contributed by atoms with Crippen molar-refractivity contribution in [3.8, 4) is 11.3 Å². The van der Waals surface area contributed by atoms with Gasteiger partial charge in [0.05, 0.1) is 11.2 Å². The first-order chi connectivity index (χ1) is 17.2. The van der Waals surface area contributed by atoms with Crippen molar-refractivity contribution in [3.05, 3.63) is 77.0 Å². The number of rotatable bonds is 4. The van der Waals surface area contributed by atoms with Crippen LogP contribution in [0.3, 0.4) is 0 Å². The molecule has 0 aliphatic carbocycles. The van der Waals surface area contributed by atoms with E-state index in [0.29, 0.717) is 42.8 Å². The van der Waals surface area contributed by atoms with Crippen LogP contribution in [0.2, 0.25) is 0 Å². The number of amides is 2. The quantitative estimate of drug-likeness (QED) is 0.443. The second-order valence-electron chi connectivity index (χ2n) is 8.85. The van der Waals surface area contributed by atoms with Gasteiger partial charge in [0.15, 0.2) is 5.01 Å². The molecule has 2 fully saturated rings. The maximum Gasteiger partial charge on any atom is 0.282 e. The number of hydrogen-bond donors (Lipinski definition) is 0. The Bertz CT molecular complexity index is 1360. The second-order valence-corrected chi connectivity index (χ2v) is 9.74. The fourth-order valence-corrected chi connectivity index (χ4v) is 5.41. The van der Waals surface area contributed by atoms with E-state index in [9.17, 15) is 9.59 Å². The van der Waals surface area contributed by atoms with E-state index < -0.39 is 0 Å². The average molecular weight is 485 g/mol. The maximum absolute atomic E-state index is 13.1. The van der Waals surface area contributed by atoms with E-state index in [1.165, 1.54) is 11.3 Å². The molecule has 35 heavy (non-hydrogen) atoms. The van der Waals surface area contributed by atoms with E-state index in [-0.39, 0.29) is 11.8 Å². The molecule has 0 unspecified atom stereocenters. The fraction of sp³-hybridized carbons (Fsp3) is 0.269. The Labute approximate surface area is 206 Å². The van der Waals surface area contributed by atoms with Crippen LogP contribution >= 0.6 is 11.3 Å². The van der Waals surface area contributed by atoms with Crippen LogP contribution in [0.1, 0.15) is 20.2 Å². The van der Waals surface area contributed by atoms with Gasteiger partial charge in [-0.15, -0.1) is 11.3 Å². The summed E-state index contributed by atoms with van der Waals surface area (Å²) in [6, 6.07) is 16.0. The molecule has 8 nitrogen and oxygen atoms in total. The van der Waals surface area contributed by atoms with Gasteiger partial charge in [0.25, 0.3) is 11.8 Å². The Kier molecular flexibility index (Phi) is 5.71. The summed E-state index contributed by atoms with van der Waals surface area (Å²) in [4.78, 5) is 44.8. The normalized spacial score (nSPS) is 16.9. The smallest absolute Gasteiger partial charge is 0.282 e. The number of carbonyl (C=O) groups is 2. The Hall–Kier alpha value is -3.69. The lowest BCUT2D eigenvalue weighted by molar-refractivity contribution is 0.00854. The van der Waals surface area contributed by atoms with Crippen LogP contribution in [0, 0.1) is 0 Å². The standard InChI is InChI=1S/C26H24N6O2S/c33-25(19-6-7-21-22(14-19)28-17-29-23(21)18-4-2-1-3-5-18)32-15-20(16-32)30-9-11-31(12-10-30)26(34)24-27-8-13-35-24/h1-8,13-14,17,20H,9-12,15-16H2. The van der Waals surface area contributed by atoms with Crippen molar-refractivity contribution in [1.29, 1.82) is 0 Å². The minimum absolute atomic E-state index is 0.0144. The van der Waals surface area contributed by atoms with E-state index in [2.05, 4.69) is 19.9 Å². The molecule has 4 heterocycles. The number of piperazine rings is 1. The van der Waals surface area contributed by atoms with Gasteiger partial charge in [-0.3, -0.25) is 14.5 Å². The Balaban J connectivity index is 1.08. The lowest BCUT2D eigenvalue weighted by Crippen LogP contribution is -2.64. The highest BCUT2D eigenvalue weighted by atomic mass is 32.1. The van der Waals surface area contributed by atoms with Crippen LogP contribution in [0.25, 0.3) is 22.2 Å². The lowest BCUT2D eigenvalue weighted by atomic mass is 10.0. The zero-order valence-electron chi connectivity index (χ0n) is 19.1. The van der Waals surface area contributed by atoms with E-state index in [0.717, 1.165) is 35.2 Å². The van der Waals surface area contributed by atoms with Gasteiger partial charge in [0, 0.05) is 73.4 Å². The topological polar surface area (TPSA) is 82.5 Å². The minimum Gasteiger partial charge on any atom is -0.335 e. The second kappa shape index (κ2) is 9.16. The third kappa shape index (κ3) is 4.17. The average Bonchev–Trinajstić information content (AvgIpc) is 3.43. The van der Waals surface area contributed by atoms with Crippen LogP contribution in [-0.2, 0) is 0 Å². The van der Waals surface area contributed by atoms with Crippen LogP contribution in [0.15, 0.2) is 66.4 Å². The van der Waals surface area contributed by atoms with Crippen molar-refractivity contribution in [2.75, 3.05) is 39.3 Å². The SMILES string of the molecule is O=C(c1ccc2c(-c3ccccc3)ncnc2c1)N1CC(N2CCN(C(=O)c3nccs3)CC2)C1. The number of carbonyl (C=O) groups excluding carboxylic acids is 2. The van der Waals surface area contributed by atoms with E-state index in [4.69, 9.17) is 0 Å². The fourth-order valence-electron chi connectivity index (χ4n) is 4.81. The molecule has 0 saturated carbocycles. The summed E-state index contributed by atoms with van der Waals surface area (Å²) < 4.78 is 0. The van der Waals surface area contributed by atoms with Crippen molar-refractivity contribution < 1.29 is 9.59 Å². The van der Waals surface area contributed by atoms with Crippen LogP contribution in [-0.4, -0.2) is 86.8 Å². The van der Waals surface area contributed by atoms with Crippen molar-refractivity contribution in [2.45, 2.75) is 6.04 Å². The molecule has 176 valence electrons. The number of fused-ring (bicyclic) bond motifs is 1. The molecule has 2 amide bonds. The largest absolute Gasteiger partial charge is 0.335 e. The molecule has 2 aromatic carbocycles. The third-order valence-electron chi connectivity index (χ3n) is 6.81. The number of likely N-dealkylation sites (tertiary alicyclic amines) is 1. The molecular weight excluding hydrogens is 460 g/mol. The highest BCUT2D eigenvalue weighted by Crippen LogP contribution is 2.27. The van der Waals surface area contributed by atoms with Crippen molar-refractivity contribution >= 4 is 34.1 Å². The summed E-state index contributed by atoms with van der Waals surface area (Å²) in [5, 5.41) is 3.31. The molecule has 0 bridgehead atoms. The van der Waals surface area contributed by atoms with Crippen molar-refractivity contribution in [2.24, 2.45) is 0 Å². The van der Waals surface area contributed by atoms with Gasteiger partial charge in [-0.1, -0.05) is 30.3 Å². The highest BCUT2D eigenvalue weighted by molar-refractivity contribution is 7.11. The predicted molar refractivity (Wildman–Crippen MR) is 134 cm³/mol. The summed E-state index contributed by atoms with van der Waals surface area (Å²) in [5.74, 6) is 0.0428. The summed E-state index contributed by atoms with van der Waals surface area (Å²) in [5.41, 5.74) is 3.31. The molecule has 9 heteroatoms. The summed E-state index contributed by atoms with van der Waals surface area (Å²) in [7, 11) is 0. The van der Waals surface area contributed by atoms with Crippen LogP contribution < -0.4 is 0 Å². The van der Waals surface area contributed by atoms with Gasteiger partial charge in [-0.2, -0.15) is 0 Å².